The van der Waals surface area contributed by atoms with E-state index in [1.54, 1.807) is 0 Å². The van der Waals surface area contributed by atoms with E-state index in [0.29, 0.717) is 34.9 Å². The van der Waals surface area contributed by atoms with Crippen LogP contribution in [0.25, 0.3) is 0 Å². The number of hydrogen-bond acceptors (Lipinski definition) is 3. The normalized spacial score (nSPS) is 54.6. The Kier molecular flexibility index (Phi) is 3.56. The van der Waals surface area contributed by atoms with Gasteiger partial charge in [-0.3, -0.25) is 9.59 Å². The highest BCUT2D eigenvalue weighted by Crippen LogP contribution is 2.65. The molecule has 2 unspecified atom stereocenters. The van der Waals surface area contributed by atoms with E-state index >= 15 is 0 Å². The van der Waals surface area contributed by atoms with Crippen LogP contribution in [0.4, 0.5) is 0 Å². The summed E-state index contributed by atoms with van der Waals surface area (Å²) in [5.74, 6) is 3.91. The first kappa shape index (κ1) is 16.5. The van der Waals surface area contributed by atoms with Gasteiger partial charge in [0.1, 0.15) is 11.6 Å². The smallest absolute Gasteiger partial charge is 0.139 e. The van der Waals surface area contributed by atoms with E-state index in [2.05, 4.69) is 13.8 Å². The minimum absolute atomic E-state index is 0.0316. The summed E-state index contributed by atoms with van der Waals surface area (Å²) in [5, 5.41) is 0. The molecule has 1 aliphatic heterocycles. The van der Waals surface area contributed by atoms with Crippen LogP contribution in [0.2, 0.25) is 0 Å². The third-order valence-electron chi connectivity index (χ3n) is 9.31. The standard InChI is InChI=1S/C22H32O3/c1-21-8-7-18-16(17(21)5-6-20(21)24)4-3-14-10-19(23)13(9-15-12-25-15)11-22(14,18)2/h13-18H,3-12H2,1-2H3/t13?,14-,15?,16-,17-,18-,21-,22-/m0/s1. The molecule has 25 heavy (non-hydrogen) atoms. The number of fused-ring (bicyclic) bond motifs is 5. The second-order valence-corrected chi connectivity index (χ2v) is 10.3. The molecule has 0 spiro atoms. The number of carbonyl (C=O) groups excluding carboxylic acids is 2. The van der Waals surface area contributed by atoms with E-state index in [4.69, 9.17) is 4.74 Å². The molecule has 0 amide bonds. The number of epoxide rings is 1. The summed E-state index contributed by atoms with van der Waals surface area (Å²) < 4.78 is 5.43. The molecule has 3 heteroatoms. The van der Waals surface area contributed by atoms with Gasteiger partial charge in [0.05, 0.1) is 12.7 Å². The first-order valence-corrected chi connectivity index (χ1v) is 10.6. The van der Waals surface area contributed by atoms with Gasteiger partial charge in [-0.25, -0.2) is 0 Å². The topological polar surface area (TPSA) is 46.7 Å². The van der Waals surface area contributed by atoms with Gasteiger partial charge in [-0.05, 0) is 74.0 Å². The van der Waals surface area contributed by atoms with Crippen LogP contribution in [0, 0.1) is 40.4 Å². The molecule has 0 radical (unpaired) electrons. The molecule has 0 aromatic rings. The molecule has 0 aromatic heterocycles. The molecule has 4 saturated carbocycles. The van der Waals surface area contributed by atoms with Crippen molar-refractivity contribution in [1.82, 2.24) is 0 Å². The van der Waals surface area contributed by atoms with Gasteiger partial charge in [-0.1, -0.05) is 13.8 Å². The Bertz CT molecular complexity index is 608. The molecule has 5 fully saturated rings. The van der Waals surface area contributed by atoms with Crippen molar-refractivity contribution in [1.29, 1.82) is 0 Å². The van der Waals surface area contributed by atoms with Crippen molar-refractivity contribution in [3.63, 3.8) is 0 Å². The number of Topliss-reactive ketones (excluding diaryl/α,β-unsaturated/α-hetero) is 2. The van der Waals surface area contributed by atoms with Gasteiger partial charge in [0.15, 0.2) is 0 Å². The molecule has 1 saturated heterocycles. The zero-order valence-corrected chi connectivity index (χ0v) is 15.8. The van der Waals surface area contributed by atoms with Crippen molar-refractivity contribution in [3.8, 4) is 0 Å². The summed E-state index contributed by atoms with van der Waals surface area (Å²) in [6.07, 6.45) is 9.88. The van der Waals surface area contributed by atoms with Crippen LogP contribution in [0.15, 0.2) is 0 Å². The minimum atomic E-state index is -0.0316. The van der Waals surface area contributed by atoms with Crippen LogP contribution >= 0.6 is 0 Å². The van der Waals surface area contributed by atoms with Crippen molar-refractivity contribution < 1.29 is 14.3 Å². The minimum Gasteiger partial charge on any atom is -0.373 e. The predicted molar refractivity (Wildman–Crippen MR) is 95.0 cm³/mol. The number of ketones is 2. The van der Waals surface area contributed by atoms with Gasteiger partial charge in [0, 0.05) is 24.2 Å². The summed E-state index contributed by atoms with van der Waals surface area (Å²) in [5.41, 5.74) is 0.277. The quantitative estimate of drug-likeness (QED) is 0.706. The number of rotatable bonds is 2. The number of hydrogen-bond donors (Lipinski definition) is 0. The van der Waals surface area contributed by atoms with E-state index in [1.165, 1.54) is 19.3 Å². The molecule has 0 N–H and O–H groups in total. The van der Waals surface area contributed by atoms with Gasteiger partial charge in [-0.15, -0.1) is 0 Å². The second-order valence-electron chi connectivity index (χ2n) is 10.3. The lowest BCUT2D eigenvalue weighted by atomic mass is 9.44. The maximum atomic E-state index is 12.7. The molecule has 4 aliphatic carbocycles. The molecular formula is C22H32O3. The highest BCUT2D eigenvalue weighted by molar-refractivity contribution is 5.87. The van der Waals surface area contributed by atoms with E-state index in [-0.39, 0.29) is 11.3 Å². The van der Waals surface area contributed by atoms with Crippen molar-refractivity contribution in [2.24, 2.45) is 40.4 Å². The SMILES string of the molecule is C[C@]12CC(CC3CO3)C(=O)C[C@@H]1CC[C@@H]1[C@@H]2CC[C@]2(C)C(=O)CC[C@@H]12. The third-order valence-corrected chi connectivity index (χ3v) is 9.31. The van der Waals surface area contributed by atoms with Gasteiger partial charge >= 0.3 is 0 Å². The van der Waals surface area contributed by atoms with Crippen molar-refractivity contribution in [2.75, 3.05) is 6.61 Å². The molecule has 3 nitrogen and oxygen atoms in total. The third kappa shape index (κ3) is 2.33. The first-order valence-electron chi connectivity index (χ1n) is 10.6. The van der Waals surface area contributed by atoms with Crippen molar-refractivity contribution in [3.05, 3.63) is 0 Å². The largest absolute Gasteiger partial charge is 0.373 e. The molecule has 5 rings (SSSR count). The van der Waals surface area contributed by atoms with Crippen LogP contribution in [0.5, 0.6) is 0 Å². The van der Waals surface area contributed by atoms with Crippen LogP contribution in [0.1, 0.15) is 71.6 Å². The zero-order valence-electron chi connectivity index (χ0n) is 15.8. The summed E-state index contributed by atoms with van der Waals surface area (Å²) >= 11 is 0. The highest BCUT2D eigenvalue weighted by atomic mass is 16.6. The first-order chi connectivity index (χ1) is 11.9. The zero-order chi connectivity index (χ0) is 17.4. The molecule has 0 bridgehead atoms. The number of ether oxygens (including phenoxy) is 1. The Hall–Kier alpha value is -0.700. The van der Waals surface area contributed by atoms with Crippen molar-refractivity contribution in [2.45, 2.75) is 77.7 Å². The summed E-state index contributed by atoms with van der Waals surface area (Å²) in [6.45, 7) is 5.62. The maximum absolute atomic E-state index is 12.7. The Balaban J connectivity index is 1.42. The molecule has 5 aliphatic rings. The Labute approximate surface area is 151 Å². The van der Waals surface area contributed by atoms with E-state index in [0.717, 1.165) is 57.0 Å². The lowest BCUT2D eigenvalue weighted by molar-refractivity contribution is -0.150. The molecule has 138 valence electrons. The van der Waals surface area contributed by atoms with Crippen LogP contribution in [0.3, 0.4) is 0 Å². The summed E-state index contributed by atoms with van der Waals surface area (Å²) in [7, 11) is 0. The van der Waals surface area contributed by atoms with E-state index < -0.39 is 0 Å². The lowest BCUT2D eigenvalue weighted by Crippen LogP contribution is -2.55. The molecular weight excluding hydrogens is 312 g/mol. The average molecular weight is 344 g/mol. The van der Waals surface area contributed by atoms with Gasteiger partial charge in [0.25, 0.3) is 0 Å². The predicted octanol–water partition coefficient (Wildman–Crippen LogP) is 4.18. The molecule has 8 atom stereocenters. The maximum Gasteiger partial charge on any atom is 0.139 e. The number of carbonyl (C=O) groups is 2. The fraction of sp³-hybridized carbons (Fsp3) is 0.909. The van der Waals surface area contributed by atoms with Crippen LogP contribution in [-0.4, -0.2) is 24.3 Å². The van der Waals surface area contributed by atoms with Crippen molar-refractivity contribution >= 4 is 11.6 Å². The molecule has 1 heterocycles. The average Bonchev–Trinajstić information content (AvgIpc) is 3.33. The highest BCUT2D eigenvalue weighted by Gasteiger charge is 2.61. The fourth-order valence-corrected chi connectivity index (χ4v) is 7.75. The van der Waals surface area contributed by atoms with Gasteiger partial charge in [-0.2, -0.15) is 0 Å². The Morgan fingerprint density at radius 3 is 2.64 bits per heavy atom. The van der Waals surface area contributed by atoms with E-state index in [9.17, 15) is 9.59 Å². The van der Waals surface area contributed by atoms with Crippen LogP contribution in [-0.2, 0) is 14.3 Å². The Morgan fingerprint density at radius 1 is 1.08 bits per heavy atom. The van der Waals surface area contributed by atoms with Gasteiger partial charge < -0.3 is 4.74 Å². The summed E-state index contributed by atoms with van der Waals surface area (Å²) in [6, 6.07) is 0. The monoisotopic (exact) mass is 344 g/mol. The fourth-order valence-electron chi connectivity index (χ4n) is 7.75. The van der Waals surface area contributed by atoms with E-state index in [1.807, 2.05) is 0 Å². The second kappa shape index (κ2) is 5.41. The lowest BCUT2D eigenvalue weighted by Gasteiger charge is -2.60. The Morgan fingerprint density at radius 2 is 1.88 bits per heavy atom. The summed E-state index contributed by atoms with van der Waals surface area (Å²) in [4.78, 5) is 25.2. The van der Waals surface area contributed by atoms with Crippen LogP contribution < -0.4 is 0 Å². The van der Waals surface area contributed by atoms with Gasteiger partial charge in [0.2, 0.25) is 0 Å². The molecule has 0 aromatic carbocycles.